The minimum atomic E-state index is -0.682. The quantitative estimate of drug-likeness (QED) is 0.671. The van der Waals surface area contributed by atoms with Gasteiger partial charge in [-0.2, -0.15) is 0 Å². The number of anilines is 2. The number of hydrogen-bond donors (Lipinski definition) is 1. The van der Waals surface area contributed by atoms with E-state index in [0.29, 0.717) is 28.6 Å². The Hall–Kier alpha value is -3.59. The van der Waals surface area contributed by atoms with E-state index < -0.39 is 6.10 Å². The number of ether oxygens (including phenoxy) is 3. The molecule has 5 rings (SSSR count). The predicted octanol–water partition coefficient (Wildman–Crippen LogP) is 3.60. The topological polar surface area (TPSA) is 90.0 Å². The maximum Gasteiger partial charge on any atom is 0.268 e. The number of hydrogen-bond acceptors (Lipinski definition) is 7. The number of amides is 2. The van der Waals surface area contributed by atoms with Crippen LogP contribution in [-0.2, 0) is 9.59 Å². The van der Waals surface area contributed by atoms with E-state index in [4.69, 9.17) is 14.2 Å². The summed E-state index contributed by atoms with van der Waals surface area (Å²) >= 11 is 1.55. The van der Waals surface area contributed by atoms with Gasteiger partial charge < -0.3 is 19.5 Å². The number of aryl methyl sites for hydroxylation is 1. The highest BCUT2D eigenvalue weighted by molar-refractivity contribution is 7.09. The van der Waals surface area contributed by atoms with Gasteiger partial charge in [-0.25, -0.2) is 4.98 Å². The molecule has 3 heterocycles. The van der Waals surface area contributed by atoms with Crippen molar-refractivity contribution < 1.29 is 23.8 Å². The summed E-state index contributed by atoms with van der Waals surface area (Å²) in [5, 5.41) is 5.73. The molecule has 1 N–H and O–H groups in total. The number of carbonyl (C=O) groups is 2. The number of carbonyl (C=O) groups excluding carboxylic acids is 2. The molecule has 9 heteroatoms. The average molecular weight is 437 g/mol. The predicted molar refractivity (Wildman–Crippen MR) is 116 cm³/mol. The molecule has 0 saturated heterocycles. The van der Waals surface area contributed by atoms with Crippen LogP contribution in [0.3, 0.4) is 0 Å². The van der Waals surface area contributed by atoms with Gasteiger partial charge in [-0.05, 0) is 44.2 Å². The first-order chi connectivity index (χ1) is 15.0. The molecule has 2 amide bonds. The summed E-state index contributed by atoms with van der Waals surface area (Å²) in [6, 6.07) is 10.7. The van der Waals surface area contributed by atoms with Gasteiger partial charge in [-0.1, -0.05) is 0 Å². The molecule has 158 valence electrons. The maximum atomic E-state index is 12.9. The number of aromatic nitrogens is 1. The third-order valence-corrected chi connectivity index (χ3v) is 5.81. The number of nitrogens with one attached hydrogen (secondary N) is 1. The average Bonchev–Trinajstić information content (AvgIpc) is 3.39. The van der Waals surface area contributed by atoms with Crippen LogP contribution in [-0.4, -0.2) is 36.2 Å². The fraction of sp³-hybridized carbons (Fsp3) is 0.227. The van der Waals surface area contributed by atoms with Crippen LogP contribution in [0.25, 0.3) is 11.3 Å². The summed E-state index contributed by atoms with van der Waals surface area (Å²) in [5.74, 6) is 1.15. The minimum absolute atomic E-state index is 0.145. The second kappa shape index (κ2) is 7.59. The number of benzene rings is 2. The van der Waals surface area contributed by atoms with Crippen LogP contribution in [0.2, 0.25) is 0 Å². The van der Waals surface area contributed by atoms with Gasteiger partial charge >= 0.3 is 0 Å². The number of rotatable bonds is 4. The van der Waals surface area contributed by atoms with Crippen molar-refractivity contribution in [3.05, 3.63) is 46.8 Å². The first kappa shape index (κ1) is 19.4. The maximum absolute atomic E-state index is 12.9. The van der Waals surface area contributed by atoms with Gasteiger partial charge in [-0.15, -0.1) is 11.3 Å². The van der Waals surface area contributed by atoms with Gasteiger partial charge in [0.05, 0.1) is 16.4 Å². The van der Waals surface area contributed by atoms with Crippen molar-refractivity contribution in [3.8, 4) is 28.5 Å². The molecule has 3 aromatic rings. The standard InChI is InChI=1S/C22H19N3O5S/c1-12-22(27)25(9-21(26)24-15-4-6-19-20(8-15)29-11-28-19)17-7-14(3-5-18(17)30-12)16-10-31-13(2)23-16/h3-8,10,12H,9,11H2,1-2H3,(H,24,26). The van der Waals surface area contributed by atoms with Crippen LogP contribution in [0.4, 0.5) is 11.4 Å². The fourth-order valence-corrected chi connectivity index (χ4v) is 4.17. The van der Waals surface area contributed by atoms with Crippen molar-refractivity contribution in [1.29, 1.82) is 0 Å². The van der Waals surface area contributed by atoms with E-state index in [1.54, 1.807) is 36.5 Å². The molecular weight excluding hydrogens is 418 g/mol. The summed E-state index contributed by atoms with van der Waals surface area (Å²) in [5.41, 5.74) is 2.79. The first-order valence-electron chi connectivity index (χ1n) is 9.72. The Morgan fingerprint density at radius 3 is 2.81 bits per heavy atom. The smallest absolute Gasteiger partial charge is 0.268 e. The lowest BCUT2D eigenvalue weighted by Crippen LogP contribution is -2.47. The van der Waals surface area contributed by atoms with Crippen LogP contribution in [0.15, 0.2) is 41.8 Å². The van der Waals surface area contributed by atoms with E-state index in [1.807, 2.05) is 30.5 Å². The van der Waals surface area contributed by atoms with Crippen molar-refractivity contribution in [2.45, 2.75) is 20.0 Å². The Morgan fingerprint density at radius 2 is 2.00 bits per heavy atom. The molecule has 0 fully saturated rings. The largest absolute Gasteiger partial charge is 0.479 e. The molecule has 0 saturated carbocycles. The van der Waals surface area contributed by atoms with Gasteiger partial charge in [0.15, 0.2) is 17.6 Å². The molecule has 2 aromatic carbocycles. The normalized spacial score (nSPS) is 16.6. The van der Waals surface area contributed by atoms with Gasteiger partial charge in [0, 0.05) is 22.7 Å². The van der Waals surface area contributed by atoms with E-state index in [-0.39, 0.29) is 25.2 Å². The SMILES string of the molecule is Cc1nc(-c2ccc3c(c2)N(CC(=O)Nc2ccc4c(c2)OCO4)C(=O)C(C)O3)cs1. The summed E-state index contributed by atoms with van der Waals surface area (Å²) in [6.45, 7) is 3.62. The molecule has 2 aliphatic rings. The van der Waals surface area contributed by atoms with Crippen LogP contribution >= 0.6 is 11.3 Å². The molecule has 31 heavy (non-hydrogen) atoms. The molecule has 1 aromatic heterocycles. The van der Waals surface area contributed by atoms with Crippen LogP contribution in [0.1, 0.15) is 11.9 Å². The van der Waals surface area contributed by atoms with E-state index in [2.05, 4.69) is 10.3 Å². The van der Waals surface area contributed by atoms with Gasteiger partial charge in [0.25, 0.3) is 5.91 Å². The molecule has 2 aliphatic heterocycles. The number of thiazole rings is 1. The second-order valence-electron chi connectivity index (χ2n) is 7.23. The molecule has 1 unspecified atom stereocenters. The zero-order valence-corrected chi connectivity index (χ0v) is 17.7. The molecule has 0 aliphatic carbocycles. The van der Waals surface area contributed by atoms with Crippen LogP contribution in [0, 0.1) is 6.92 Å². The lowest BCUT2D eigenvalue weighted by Gasteiger charge is -2.32. The molecular formula is C22H19N3O5S. The fourth-order valence-electron chi connectivity index (χ4n) is 3.54. The number of fused-ring (bicyclic) bond motifs is 2. The first-order valence-corrected chi connectivity index (χ1v) is 10.6. The highest BCUT2D eigenvalue weighted by atomic mass is 32.1. The Labute approximate surface area is 182 Å². The Kier molecular flexibility index (Phi) is 4.74. The molecule has 0 spiro atoms. The summed E-state index contributed by atoms with van der Waals surface area (Å²) in [7, 11) is 0. The number of nitrogens with zero attached hydrogens (tertiary/aromatic N) is 2. The zero-order chi connectivity index (χ0) is 21.5. The highest BCUT2D eigenvalue weighted by Gasteiger charge is 2.33. The second-order valence-corrected chi connectivity index (χ2v) is 8.30. The zero-order valence-electron chi connectivity index (χ0n) is 16.9. The third kappa shape index (κ3) is 3.68. The van der Waals surface area contributed by atoms with E-state index in [0.717, 1.165) is 16.3 Å². The lowest BCUT2D eigenvalue weighted by molar-refractivity contribution is -0.127. The van der Waals surface area contributed by atoms with Crippen molar-refractivity contribution in [2.75, 3.05) is 23.6 Å². The highest BCUT2D eigenvalue weighted by Crippen LogP contribution is 2.38. The van der Waals surface area contributed by atoms with E-state index in [9.17, 15) is 9.59 Å². The minimum Gasteiger partial charge on any atom is -0.479 e. The lowest BCUT2D eigenvalue weighted by atomic mass is 10.1. The molecule has 1 atom stereocenters. The van der Waals surface area contributed by atoms with Gasteiger partial charge in [-0.3, -0.25) is 14.5 Å². The van der Waals surface area contributed by atoms with Crippen molar-refractivity contribution in [1.82, 2.24) is 4.98 Å². The molecule has 0 radical (unpaired) electrons. The van der Waals surface area contributed by atoms with Gasteiger partial charge in [0.1, 0.15) is 12.3 Å². The summed E-state index contributed by atoms with van der Waals surface area (Å²) in [6.07, 6.45) is -0.682. The van der Waals surface area contributed by atoms with Crippen molar-refractivity contribution in [2.24, 2.45) is 0 Å². The monoisotopic (exact) mass is 437 g/mol. The molecule has 0 bridgehead atoms. The molecule has 8 nitrogen and oxygen atoms in total. The summed E-state index contributed by atoms with van der Waals surface area (Å²) < 4.78 is 16.4. The Bertz CT molecular complexity index is 1190. The van der Waals surface area contributed by atoms with Crippen molar-refractivity contribution in [3.63, 3.8) is 0 Å². The van der Waals surface area contributed by atoms with E-state index in [1.165, 1.54) is 4.90 Å². The Morgan fingerprint density at radius 1 is 1.19 bits per heavy atom. The van der Waals surface area contributed by atoms with Crippen LogP contribution in [0.5, 0.6) is 17.2 Å². The van der Waals surface area contributed by atoms with Crippen molar-refractivity contribution >= 4 is 34.5 Å². The van der Waals surface area contributed by atoms with Gasteiger partial charge in [0.2, 0.25) is 12.7 Å². The van der Waals surface area contributed by atoms with E-state index >= 15 is 0 Å². The third-order valence-electron chi connectivity index (χ3n) is 5.04. The van der Waals surface area contributed by atoms with Crippen LogP contribution < -0.4 is 24.4 Å². The Balaban J connectivity index is 1.40. The summed E-state index contributed by atoms with van der Waals surface area (Å²) in [4.78, 5) is 31.6.